The fraction of sp³-hybridized carbons (Fsp3) is 0.467. The zero-order valence-electron chi connectivity index (χ0n) is 13.1. The van der Waals surface area contributed by atoms with Gasteiger partial charge in [-0.1, -0.05) is 23.7 Å². The minimum absolute atomic E-state index is 0.104. The smallest absolute Gasteiger partial charge is 0.322 e. The third kappa shape index (κ3) is 3.21. The molecule has 2 saturated heterocycles. The monoisotopic (exact) mass is 371 g/mol. The molecule has 0 bridgehead atoms. The lowest BCUT2D eigenvalue weighted by Crippen LogP contribution is -2.62. The lowest BCUT2D eigenvalue weighted by atomic mass is 10.1. The Morgan fingerprint density at radius 1 is 1.12 bits per heavy atom. The normalized spacial score (nSPS) is 25.2. The highest BCUT2D eigenvalue weighted by Gasteiger charge is 2.48. The van der Waals surface area contributed by atoms with Crippen LogP contribution in [0.2, 0.25) is 5.02 Å². The number of carbonyl (C=O) groups excluding carboxylic acids is 2. The molecule has 0 aromatic heterocycles. The van der Waals surface area contributed by atoms with Crippen LogP contribution < -0.4 is 5.32 Å². The zero-order valence-corrected chi connectivity index (χ0v) is 14.7. The van der Waals surface area contributed by atoms with Crippen molar-refractivity contribution in [2.45, 2.75) is 19.0 Å². The second kappa shape index (κ2) is 6.25. The van der Waals surface area contributed by atoms with Crippen LogP contribution in [0.5, 0.6) is 0 Å². The fourth-order valence-corrected chi connectivity index (χ4v) is 5.51. The number of piperazine rings is 1. The van der Waals surface area contributed by atoms with E-state index in [2.05, 4.69) is 5.32 Å². The van der Waals surface area contributed by atoms with Crippen LogP contribution in [0.3, 0.4) is 0 Å². The van der Waals surface area contributed by atoms with Crippen LogP contribution in [-0.4, -0.2) is 66.8 Å². The van der Waals surface area contributed by atoms with Gasteiger partial charge in [0, 0.05) is 20.0 Å². The number of carbonyl (C=O) groups is 2. The predicted molar refractivity (Wildman–Crippen MR) is 90.8 cm³/mol. The molecule has 24 heavy (non-hydrogen) atoms. The Bertz CT molecular complexity index is 783. The van der Waals surface area contributed by atoms with E-state index in [1.54, 1.807) is 29.2 Å². The maximum atomic E-state index is 12.6. The van der Waals surface area contributed by atoms with Gasteiger partial charge in [-0.2, -0.15) is 0 Å². The SMILES string of the molecule is CC(=O)N1CCN(C(=O)Nc2ccccc2Cl)[C@@H]2CS(=O)(=O)C[C@@H]21. The number of hydrogen-bond acceptors (Lipinski definition) is 4. The first-order valence-electron chi connectivity index (χ1n) is 7.58. The van der Waals surface area contributed by atoms with Gasteiger partial charge in [-0.25, -0.2) is 13.2 Å². The minimum atomic E-state index is -3.28. The van der Waals surface area contributed by atoms with Gasteiger partial charge >= 0.3 is 6.03 Å². The van der Waals surface area contributed by atoms with E-state index in [0.717, 1.165) is 0 Å². The Morgan fingerprint density at radius 2 is 1.71 bits per heavy atom. The summed E-state index contributed by atoms with van der Waals surface area (Å²) in [4.78, 5) is 27.4. The molecule has 9 heteroatoms. The van der Waals surface area contributed by atoms with E-state index in [1.165, 1.54) is 11.8 Å². The Morgan fingerprint density at radius 3 is 2.33 bits per heavy atom. The molecule has 0 saturated carbocycles. The Hall–Kier alpha value is -1.80. The van der Waals surface area contributed by atoms with E-state index in [4.69, 9.17) is 11.6 Å². The van der Waals surface area contributed by atoms with Crippen LogP contribution in [0.1, 0.15) is 6.92 Å². The predicted octanol–water partition coefficient (Wildman–Crippen LogP) is 1.20. The molecule has 2 aliphatic heterocycles. The van der Waals surface area contributed by atoms with Crippen molar-refractivity contribution < 1.29 is 18.0 Å². The van der Waals surface area contributed by atoms with Crippen molar-refractivity contribution in [1.29, 1.82) is 0 Å². The number of amides is 3. The van der Waals surface area contributed by atoms with E-state index < -0.39 is 28.0 Å². The molecule has 0 aliphatic carbocycles. The summed E-state index contributed by atoms with van der Waals surface area (Å²) in [5, 5.41) is 3.13. The third-order valence-corrected chi connectivity index (χ3v) is 6.49. The molecular weight excluding hydrogens is 354 g/mol. The summed E-state index contributed by atoms with van der Waals surface area (Å²) in [6.45, 7) is 2.02. The van der Waals surface area contributed by atoms with Gasteiger partial charge < -0.3 is 15.1 Å². The maximum absolute atomic E-state index is 12.6. The van der Waals surface area contributed by atoms with Crippen LogP contribution in [0, 0.1) is 0 Å². The fourth-order valence-electron chi connectivity index (χ4n) is 3.35. The highest BCUT2D eigenvalue weighted by Crippen LogP contribution is 2.28. The molecule has 3 rings (SSSR count). The van der Waals surface area contributed by atoms with Gasteiger partial charge in [0.2, 0.25) is 5.91 Å². The van der Waals surface area contributed by atoms with Crippen LogP contribution in [-0.2, 0) is 14.6 Å². The number of urea groups is 1. The van der Waals surface area contributed by atoms with Crippen LogP contribution >= 0.6 is 11.6 Å². The number of halogens is 1. The number of anilines is 1. The maximum Gasteiger partial charge on any atom is 0.322 e. The Kier molecular flexibility index (Phi) is 4.44. The van der Waals surface area contributed by atoms with Gasteiger partial charge in [0.15, 0.2) is 9.84 Å². The first-order chi connectivity index (χ1) is 11.3. The summed E-state index contributed by atoms with van der Waals surface area (Å²) < 4.78 is 24.1. The molecule has 3 amide bonds. The first-order valence-corrected chi connectivity index (χ1v) is 9.78. The van der Waals surface area contributed by atoms with E-state index in [9.17, 15) is 18.0 Å². The standard InChI is InChI=1S/C15H18ClN3O4S/c1-10(20)18-6-7-19(14-9-24(22,23)8-13(14)18)15(21)17-12-5-3-2-4-11(12)16/h2-5,13-14H,6-9H2,1H3,(H,17,21)/t13-,14+/m0/s1. The van der Waals surface area contributed by atoms with Crippen LogP contribution in [0.15, 0.2) is 24.3 Å². The molecule has 0 unspecified atom stereocenters. The van der Waals surface area contributed by atoms with E-state index >= 15 is 0 Å². The third-order valence-electron chi connectivity index (χ3n) is 4.46. The number of sulfone groups is 1. The summed E-state index contributed by atoms with van der Waals surface area (Å²) in [6.07, 6.45) is 0. The van der Waals surface area contributed by atoms with Gasteiger partial charge in [0.1, 0.15) is 0 Å². The molecule has 2 aliphatic rings. The molecule has 0 radical (unpaired) electrons. The molecule has 2 fully saturated rings. The molecule has 0 spiro atoms. The van der Waals surface area contributed by atoms with Gasteiger partial charge in [-0.05, 0) is 12.1 Å². The van der Waals surface area contributed by atoms with E-state index in [0.29, 0.717) is 17.3 Å². The second-order valence-corrected chi connectivity index (χ2v) is 8.59. The number of para-hydroxylation sites is 1. The van der Waals surface area contributed by atoms with Crippen molar-refractivity contribution in [3.05, 3.63) is 29.3 Å². The Labute approximate surface area is 145 Å². The molecule has 1 aromatic carbocycles. The number of rotatable bonds is 1. The van der Waals surface area contributed by atoms with Crippen molar-refractivity contribution in [2.75, 3.05) is 29.9 Å². The minimum Gasteiger partial charge on any atom is -0.335 e. The lowest BCUT2D eigenvalue weighted by Gasteiger charge is -2.43. The topological polar surface area (TPSA) is 86.8 Å². The number of fused-ring (bicyclic) bond motifs is 1. The highest BCUT2D eigenvalue weighted by atomic mass is 35.5. The van der Waals surface area contributed by atoms with Gasteiger partial charge in [-0.3, -0.25) is 4.79 Å². The van der Waals surface area contributed by atoms with E-state index in [1.807, 2.05) is 0 Å². The molecular formula is C15H18ClN3O4S. The zero-order chi connectivity index (χ0) is 17.5. The summed E-state index contributed by atoms with van der Waals surface area (Å²) in [5.41, 5.74) is 0.468. The largest absolute Gasteiger partial charge is 0.335 e. The highest BCUT2D eigenvalue weighted by molar-refractivity contribution is 7.91. The van der Waals surface area contributed by atoms with Gasteiger partial charge in [-0.15, -0.1) is 0 Å². The number of nitrogens with zero attached hydrogens (tertiary/aromatic N) is 2. The molecule has 1 aromatic rings. The second-order valence-electron chi connectivity index (χ2n) is 6.03. The summed E-state index contributed by atoms with van der Waals surface area (Å²) in [6, 6.07) is 5.41. The van der Waals surface area contributed by atoms with E-state index in [-0.39, 0.29) is 24.0 Å². The molecule has 2 atom stereocenters. The molecule has 1 N–H and O–H groups in total. The number of hydrogen-bond donors (Lipinski definition) is 1. The number of benzene rings is 1. The average molecular weight is 372 g/mol. The van der Waals surface area contributed by atoms with Crippen LogP contribution in [0.25, 0.3) is 0 Å². The number of nitrogens with one attached hydrogen (secondary N) is 1. The van der Waals surface area contributed by atoms with Crippen molar-refractivity contribution in [3.8, 4) is 0 Å². The average Bonchev–Trinajstić information content (AvgIpc) is 2.82. The van der Waals surface area contributed by atoms with Crippen molar-refractivity contribution in [2.24, 2.45) is 0 Å². The van der Waals surface area contributed by atoms with Crippen molar-refractivity contribution in [3.63, 3.8) is 0 Å². The lowest BCUT2D eigenvalue weighted by molar-refractivity contribution is -0.133. The molecule has 7 nitrogen and oxygen atoms in total. The quantitative estimate of drug-likeness (QED) is 0.803. The molecule has 2 heterocycles. The summed E-state index contributed by atoms with van der Waals surface area (Å²) in [5.74, 6) is -0.405. The van der Waals surface area contributed by atoms with Gasteiger partial charge in [0.05, 0.1) is 34.3 Å². The van der Waals surface area contributed by atoms with Crippen LogP contribution in [0.4, 0.5) is 10.5 Å². The Balaban J connectivity index is 1.82. The van der Waals surface area contributed by atoms with Crippen molar-refractivity contribution in [1.82, 2.24) is 9.80 Å². The first kappa shape index (κ1) is 17.0. The summed E-state index contributed by atoms with van der Waals surface area (Å²) in [7, 11) is -3.28. The summed E-state index contributed by atoms with van der Waals surface area (Å²) >= 11 is 6.05. The van der Waals surface area contributed by atoms with Gasteiger partial charge in [0.25, 0.3) is 0 Å². The van der Waals surface area contributed by atoms with Crippen molar-refractivity contribution >= 4 is 39.1 Å². The molecule has 130 valence electrons.